The minimum atomic E-state index is -1.08. The molecule has 0 aliphatic rings. The number of carboxylic acids is 1. The average molecular weight is 221 g/mol. The van der Waals surface area contributed by atoms with Gasteiger partial charge >= 0.3 is 5.97 Å². The lowest BCUT2D eigenvalue weighted by molar-refractivity contribution is -0.385. The van der Waals surface area contributed by atoms with Crippen LogP contribution >= 0.6 is 0 Å². The minimum Gasteiger partial charge on any atom is -0.478 e. The molecule has 0 aromatic heterocycles. The molecule has 16 heavy (non-hydrogen) atoms. The second-order valence-electron chi connectivity index (χ2n) is 3.43. The highest BCUT2D eigenvalue weighted by Crippen LogP contribution is 2.24. The van der Waals surface area contributed by atoms with Crippen LogP contribution in [0.4, 0.5) is 5.69 Å². The Morgan fingerprint density at radius 3 is 2.56 bits per heavy atom. The molecule has 0 unspecified atom stereocenters. The maximum absolute atomic E-state index is 10.7. The van der Waals surface area contributed by atoms with Crippen LogP contribution in [0, 0.1) is 24.0 Å². The largest absolute Gasteiger partial charge is 0.478 e. The van der Waals surface area contributed by atoms with Gasteiger partial charge in [0.2, 0.25) is 0 Å². The fraction of sp³-hybridized carbons (Fsp3) is 0.182. The van der Waals surface area contributed by atoms with Crippen LogP contribution in [0.5, 0.6) is 0 Å². The molecule has 0 amide bonds. The van der Waals surface area contributed by atoms with Gasteiger partial charge in [-0.25, -0.2) is 4.79 Å². The van der Waals surface area contributed by atoms with Gasteiger partial charge < -0.3 is 5.11 Å². The number of benzene rings is 1. The van der Waals surface area contributed by atoms with Gasteiger partial charge in [-0.3, -0.25) is 10.1 Å². The van der Waals surface area contributed by atoms with Crippen molar-refractivity contribution < 1.29 is 14.8 Å². The van der Waals surface area contributed by atoms with Crippen LogP contribution in [0.25, 0.3) is 6.08 Å². The zero-order valence-corrected chi connectivity index (χ0v) is 8.93. The van der Waals surface area contributed by atoms with Crippen molar-refractivity contribution in [3.05, 3.63) is 45.0 Å². The van der Waals surface area contributed by atoms with E-state index in [0.717, 1.165) is 11.6 Å². The van der Waals surface area contributed by atoms with Gasteiger partial charge in [0.15, 0.2) is 0 Å². The quantitative estimate of drug-likeness (QED) is 0.482. The average Bonchev–Trinajstić information content (AvgIpc) is 2.18. The van der Waals surface area contributed by atoms with Crippen LogP contribution in [0.2, 0.25) is 0 Å². The van der Waals surface area contributed by atoms with Gasteiger partial charge in [0.05, 0.1) is 4.92 Å². The van der Waals surface area contributed by atoms with Gasteiger partial charge in [-0.15, -0.1) is 0 Å². The Hall–Kier alpha value is -2.17. The first-order valence-corrected chi connectivity index (χ1v) is 4.58. The number of nitro groups is 1. The van der Waals surface area contributed by atoms with Crippen molar-refractivity contribution >= 4 is 17.7 Å². The van der Waals surface area contributed by atoms with E-state index in [9.17, 15) is 14.9 Å². The van der Waals surface area contributed by atoms with E-state index in [1.807, 2.05) is 0 Å². The molecule has 1 aromatic rings. The van der Waals surface area contributed by atoms with Gasteiger partial charge in [-0.1, -0.05) is 6.07 Å². The summed E-state index contributed by atoms with van der Waals surface area (Å²) in [7, 11) is 0. The van der Waals surface area contributed by atoms with E-state index in [-0.39, 0.29) is 5.69 Å². The van der Waals surface area contributed by atoms with E-state index in [1.165, 1.54) is 12.1 Å². The molecule has 1 rings (SSSR count). The molecular formula is C11H11NO4. The van der Waals surface area contributed by atoms with Crippen LogP contribution in [0.3, 0.4) is 0 Å². The molecule has 5 heteroatoms. The summed E-state index contributed by atoms with van der Waals surface area (Å²) in [6.07, 6.45) is 2.32. The SMILES string of the molecule is Cc1cc(/C=C/C(=O)O)c(C)c([N+](=O)[O-])c1. The summed E-state index contributed by atoms with van der Waals surface area (Å²) in [4.78, 5) is 20.6. The predicted molar refractivity (Wildman–Crippen MR) is 59.2 cm³/mol. The van der Waals surface area contributed by atoms with Crippen molar-refractivity contribution in [2.45, 2.75) is 13.8 Å². The highest BCUT2D eigenvalue weighted by Gasteiger charge is 2.13. The minimum absolute atomic E-state index is 0.00467. The standard InChI is InChI=1S/C11H11NO4/c1-7-5-9(3-4-11(13)14)8(2)10(6-7)12(15)16/h3-6H,1-2H3,(H,13,14)/b4-3+. The number of aryl methyl sites for hydroxylation is 1. The lowest BCUT2D eigenvalue weighted by Gasteiger charge is -2.03. The first kappa shape index (κ1) is 11.9. The van der Waals surface area contributed by atoms with Gasteiger partial charge in [0.25, 0.3) is 5.69 Å². The molecular weight excluding hydrogens is 210 g/mol. The molecule has 1 N–H and O–H groups in total. The Morgan fingerprint density at radius 2 is 2.06 bits per heavy atom. The number of hydrogen-bond acceptors (Lipinski definition) is 3. The third-order valence-electron chi connectivity index (χ3n) is 2.17. The zero-order chi connectivity index (χ0) is 12.3. The zero-order valence-electron chi connectivity index (χ0n) is 8.93. The molecule has 0 saturated heterocycles. The molecule has 0 spiro atoms. The summed E-state index contributed by atoms with van der Waals surface area (Å²) in [6.45, 7) is 3.32. The number of hydrogen-bond donors (Lipinski definition) is 1. The molecule has 5 nitrogen and oxygen atoms in total. The first-order chi connectivity index (χ1) is 7.41. The lowest BCUT2D eigenvalue weighted by atomic mass is 10.0. The number of rotatable bonds is 3. The van der Waals surface area contributed by atoms with Crippen LogP contribution in [-0.2, 0) is 4.79 Å². The van der Waals surface area contributed by atoms with Crippen LogP contribution in [-0.4, -0.2) is 16.0 Å². The second kappa shape index (κ2) is 4.57. The number of nitro benzene ring substituents is 1. The topological polar surface area (TPSA) is 80.4 Å². The Morgan fingerprint density at radius 1 is 1.44 bits per heavy atom. The summed E-state index contributed by atoms with van der Waals surface area (Å²) in [6, 6.07) is 3.18. The Balaban J connectivity index is 3.29. The van der Waals surface area contributed by atoms with E-state index >= 15 is 0 Å². The fourth-order valence-corrected chi connectivity index (χ4v) is 1.39. The van der Waals surface area contributed by atoms with Gasteiger partial charge in [-0.05, 0) is 31.1 Å². The summed E-state index contributed by atoms with van der Waals surface area (Å²) >= 11 is 0. The van der Waals surface area contributed by atoms with Crippen molar-refractivity contribution in [1.82, 2.24) is 0 Å². The summed E-state index contributed by atoms with van der Waals surface area (Å²) in [5.41, 5.74) is 1.74. The molecule has 0 heterocycles. The lowest BCUT2D eigenvalue weighted by Crippen LogP contribution is -1.95. The Kier molecular flexibility index (Phi) is 3.40. The number of carbonyl (C=O) groups is 1. The molecule has 0 saturated carbocycles. The highest BCUT2D eigenvalue weighted by molar-refractivity contribution is 5.86. The first-order valence-electron chi connectivity index (χ1n) is 4.58. The van der Waals surface area contributed by atoms with E-state index < -0.39 is 10.9 Å². The molecule has 84 valence electrons. The van der Waals surface area contributed by atoms with Gasteiger partial charge in [0.1, 0.15) is 0 Å². The number of nitrogens with zero attached hydrogens (tertiary/aromatic N) is 1. The summed E-state index contributed by atoms with van der Waals surface area (Å²) < 4.78 is 0. The molecule has 0 bridgehead atoms. The predicted octanol–water partition coefficient (Wildman–Crippen LogP) is 2.31. The monoisotopic (exact) mass is 221 g/mol. The fourth-order valence-electron chi connectivity index (χ4n) is 1.39. The Bertz CT molecular complexity index is 477. The van der Waals surface area contributed by atoms with Crippen LogP contribution in [0.15, 0.2) is 18.2 Å². The van der Waals surface area contributed by atoms with E-state index in [0.29, 0.717) is 11.1 Å². The van der Waals surface area contributed by atoms with Crippen molar-refractivity contribution in [2.24, 2.45) is 0 Å². The maximum atomic E-state index is 10.7. The number of carboxylic acid groups (broad SMARTS) is 1. The smallest absolute Gasteiger partial charge is 0.328 e. The molecule has 0 aliphatic carbocycles. The van der Waals surface area contributed by atoms with E-state index in [2.05, 4.69) is 0 Å². The third kappa shape index (κ3) is 2.66. The molecule has 0 fully saturated rings. The van der Waals surface area contributed by atoms with E-state index in [1.54, 1.807) is 19.9 Å². The maximum Gasteiger partial charge on any atom is 0.328 e. The molecule has 0 radical (unpaired) electrons. The molecule has 0 atom stereocenters. The highest BCUT2D eigenvalue weighted by atomic mass is 16.6. The third-order valence-corrected chi connectivity index (χ3v) is 2.17. The van der Waals surface area contributed by atoms with Crippen molar-refractivity contribution in [3.63, 3.8) is 0 Å². The Labute approximate surface area is 92.2 Å². The van der Waals surface area contributed by atoms with Crippen molar-refractivity contribution in [1.29, 1.82) is 0 Å². The van der Waals surface area contributed by atoms with Crippen LogP contribution in [0.1, 0.15) is 16.7 Å². The molecule has 1 aromatic carbocycles. The summed E-state index contributed by atoms with van der Waals surface area (Å²) in [5.74, 6) is -1.08. The normalized spacial score (nSPS) is 10.6. The van der Waals surface area contributed by atoms with Crippen LogP contribution < -0.4 is 0 Å². The van der Waals surface area contributed by atoms with E-state index in [4.69, 9.17) is 5.11 Å². The second-order valence-corrected chi connectivity index (χ2v) is 3.43. The van der Waals surface area contributed by atoms with Gasteiger partial charge in [-0.2, -0.15) is 0 Å². The number of aliphatic carboxylic acids is 1. The van der Waals surface area contributed by atoms with Crippen molar-refractivity contribution in [2.75, 3.05) is 0 Å². The summed E-state index contributed by atoms with van der Waals surface area (Å²) in [5, 5.41) is 19.2. The van der Waals surface area contributed by atoms with Crippen molar-refractivity contribution in [3.8, 4) is 0 Å². The van der Waals surface area contributed by atoms with Gasteiger partial charge in [0, 0.05) is 17.7 Å². The molecule has 0 aliphatic heterocycles.